The molecule has 0 unspecified atom stereocenters. The minimum absolute atomic E-state index is 0.197. The van der Waals surface area contributed by atoms with Crippen molar-refractivity contribution in [2.75, 3.05) is 5.32 Å². The van der Waals surface area contributed by atoms with Crippen molar-refractivity contribution >= 4 is 44.7 Å². The van der Waals surface area contributed by atoms with Gasteiger partial charge in [0.25, 0.3) is 0 Å². The predicted octanol–water partition coefficient (Wildman–Crippen LogP) is 4.98. The molecular formula is C17H16ClN3OS. The molecule has 0 saturated carbocycles. The third-order valence-electron chi connectivity index (χ3n) is 4.19. The molecule has 0 aliphatic heterocycles. The Morgan fingerprint density at radius 2 is 2.04 bits per heavy atom. The topological polar surface area (TPSA) is 58.0 Å². The summed E-state index contributed by atoms with van der Waals surface area (Å²) in [5.74, 6) is 0.878. The largest absolute Gasteiger partial charge is 0.506 e. The quantitative estimate of drug-likeness (QED) is 0.508. The number of hydrogen-bond acceptors (Lipinski definition) is 5. The molecule has 0 atom stereocenters. The predicted molar refractivity (Wildman–Crippen MR) is 95.2 cm³/mol. The van der Waals surface area contributed by atoms with Crippen molar-refractivity contribution < 1.29 is 5.11 Å². The Bertz CT molecular complexity index is 906. The molecule has 0 radical (unpaired) electrons. The molecule has 1 aromatic carbocycles. The van der Waals surface area contributed by atoms with E-state index in [1.54, 1.807) is 17.4 Å². The van der Waals surface area contributed by atoms with E-state index in [1.165, 1.54) is 23.3 Å². The molecule has 0 bridgehead atoms. The monoisotopic (exact) mass is 345 g/mol. The molecular weight excluding hydrogens is 330 g/mol. The van der Waals surface area contributed by atoms with E-state index >= 15 is 0 Å². The molecule has 23 heavy (non-hydrogen) atoms. The van der Waals surface area contributed by atoms with E-state index in [-0.39, 0.29) is 11.0 Å². The number of rotatable bonds is 2. The van der Waals surface area contributed by atoms with Gasteiger partial charge in [-0.2, -0.15) is 4.98 Å². The SMILES string of the molecule is Cc1ccc(O)c(Nc2nc(Cl)nc3sc4c(c23)CCCC4)c1. The number of hydrogen-bond donors (Lipinski definition) is 2. The van der Waals surface area contributed by atoms with E-state index in [0.717, 1.165) is 28.6 Å². The van der Waals surface area contributed by atoms with Crippen molar-refractivity contribution in [1.29, 1.82) is 0 Å². The van der Waals surface area contributed by atoms with Crippen LogP contribution in [0.5, 0.6) is 5.75 Å². The van der Waals surface area contributed by atoms with E-state index in [0.29, 0.717) is 11.5 Å². The van der Waals surface area contributed by atoms with Crippen molar-refractivity contribution in [3.63, 3.8) is 0 Å². The van der Waals surface area contributed by atoms with Crippen LogP contribution in [0.1, 0.15) is 28.8 Å². The number of aryl methyl sites for hydroxylation is 3. The van der Waals surface area contributed by atoms with Crippen molar-refractivity contribution in [3.8, 4) is 5.75 Å². The molecule has 1 aliphatic carbocycles. The van der Waals surface area contributed by atoms with Crippen LogP contribution in [0.2, 0.25) is 5.28 Å². The van der Waals surface area contributed by atoms with Gasteiger partial charge in [-0.25, -0.2) is 4.98 Å². The number of nitrogens with zero attached hydrogens (tertiary/aromatic N) is 2. The van der Waals surface area contributed by atoms with Crippen LogP contribution in [0.15, 0.2) is 18.2 Å². The minimum Gasteiger partial charge on any atom is -0.506 e. The number of fused-ring (bicyclic) bond motifs is 3. The number of benzene rings is 1. The number of thiophene rings is 1. The number of nitrogens with one attached hydrogen (secondary N) is 1. The highest BCUT2D eigenvalue weighted by atomic mass is 35.5. The summed E-state index contributed by atoms with van der Waals surface area (Å²) in [7, 11) is 0. The second-order valence-corrected chi connectivity index (χ2v) is 7.30. The van der Waals surface area contributed by atoms with Gasteiger partial charge in [-0.3, -0.25) is 0 Å². The second kappa shape index (κ2) is 5.65. The third-order valence-corrected chi connectivity index (χ3v) is 5.55. The number of phenols is 1. The average molecular weight is 346 g/mol. The normalized spacial score (nSPS) is 14.0. The van der Waals surface area contributed by atoms with E-state index in [2.05, 4.69) is 15.3 Å². The zero-order valence-electron chi connectivity index (χ0n) is 12.7. The molecule has 2 aromatic heterocycles. The fourth-order valence-electron chi connectivity index (χ4n) is 3.10. The van der Waals surface area contributed by atoms with Gasteiger partial charge in [-0.05, 0) is 67.5 Å². The Morgan fingerprint density at radius 3 is 2.91 bits per heavy atom. The zero-order chi connectivity index (χ0) is 16.0. The van der Waals surface area contributed by atoms with Crippen LogP contribution < -0.4 is 5.32 Å². The molecule has 2 heterocycles. The van der Waals surface area contributed by atoms with E-state index in [1.807, 2.05) is 19.1 Å². The Labute approximate surface area is 143 Å². The summed E-state index contributed by atoms with van der Waals surface area (Å²) in [5.41, 5.74) is 3.04. The molecule has 0 spiro atoms. The smallest absolute Gasteiger partial charge is 0.225 e. The Kier molecular flexibility index (Phi) is 3.62. The molecule has 4 nitrogen and oxygen atoms in total. The molecule has 0 fully saturated rings. The maximum atomic E-state index is 10.1. The van der Waals surface area contributed by atoms with Crippen molar-refractivity contribution in [1.82, 2.24) is 9.97 Å². The van der Waals surface area contributed by atoms with Crippen molar-refractivity contribution in [3.05, 3.63) is 39.5 Å². The van der Waals surface area contributed by atoms with Crippen LogP contribution in [0.4, 0.5) is 11.5 Å². The number of aromatic hydroxyl groups is 1. The molecule has 0 amide bonds. The Hall–Kier alpha value is -1.85. The van der Waals surface area contributed by atoms with E-state index < -0.39 is 0 Å². The summed E-state index contributed by atoms with van der Waals surface area (Å²) >= 11 is 7.81. The van der Waals surface area contributed by atoms with Gasteiger partial charge in [0, 0.05) is 4.88 Å². The fourth-order valence-corrected chi connectivity index (χ4v) is 4.58. The highest BCUT2D eigenvalue weighted by Crippen LogP contribution is 2.40. The summed E-state index contributed by atoms with van der Waals surface area (Å²) in [6.45, 7) is 1.99. The maximum absolute atomic E-state index is 10.1. The lowest BCUT2D eigenvalue weighted by molar-refractivity contribution is 0.477. The Morgan fingerprint density at radius 1 is 1.22 bits per heavy atom. The van der Waals surface area contributed by atoms with Crippen LogP contribution >= 0.6 is 22.9 Å². The van der Waals surface area contributed by atoms with Crippen LogP contribution in [0.25, 0.3) is 10.2 Å². The number of phenolic OH excluding ortho intramolecular Hbond substituents is 1. The molecule has 0 saturated heterocycles. The van der Waals surface area contributed by atoms with Gasteiger partial charge in [0.15, 0.2) is 0 Å². The van der Waals surface area contributed by atoms with Crippen LogP contribution in [-0.2, 0) is 12.8 Å². The molecule has 1 aliphatic rings. The molecule has 118 valence electrons. The summed E-state index contributed by atoms with van der Waals surface area (Å²) in [5, 5.41) is 14.6. The molecule has 4 rings (SSSR count). The van der Waals surface area contributed by atoms with Crippen LogP contribution in [0, 0.1) is 6.92 Å². The maximum Gasteiger partial charge on any atom is 0.225 e. The molecule has 3 aromatic rings. The first-order valence-electron chi connectivity index (χ1n) is 7.66. The Balaban J connectivity index is 1.88. The standard InChI is InChI=1S/C17H16ClN3OS/c1-9-6-7-12(22)11(8-9)19-15-14-10-4-2-3-5-13(10)23-16(14)21-17(18)20-15/h6-8,22H,2-5H2,1H3,(H,19,20,21). The van der Waals surface area contributed by atoms with Gasteiger partial charge in [-0.15, -0.1) is 11.3 Å². The molecule has 2 N–H and O–H groups in total. The van der Waals surface area contributed by atoms with E-state index in [4.69, 9.17) is 11.6 Å². The van der Waals surface area contributed by atoms with Gasteiger partial charge in [0.1, 0.15) is 16.4 Å². The third kappa shape index (κ3) is 2.64. The lowest BCUT2D eigenvalue weighted by Crippen LogP contribution is -2.01. The summed E-state index contributed by atoms with van der Waals surface area (Å²) in [6.07, 6.45) is 4.57. The summed E-state index contributed by atoms with van der Waals surface area (Å²) in [6, 6.07) is 5.45. The first-order chi connectivity index (χ1) is 11.1. The highest BCUT2D eigenvalue weighted by Gasteiger charge is 2.21. The first kappa shape index (κ1) is 14.7. The number of anilines is 2. The zero-order valence-corrected chi connectivity index (χ0v) is 14.3. The lowest BCUT2D eigenvalue weighted by Gasteiger charge is -2.13. The van der Waals surface area contributed by atoms with Gasteiger partial charge in [0.05, 0.1) is 11.1 Å². The van der Waals surface area contributed by atoms with Gasteiger partial charge in [0.2, 0.25) is 5.28 Å². The van der Waals surface area contributed by atoms with Crippen molar-refractivity contribution in [2.45, 2.75) is 32.6 Å². The van der Waals surface area contributed by atoms with Crippen LogP contribution in [0.3, 0.4) is 0 Å². The van der Waals surface area contributed by atoms with Gasteiger partial charge >= 0.3 is 0 Å². The highest BCUT2D eigenvalue weighted by molar-refractivity contribution is 7.19. The van der Waals surface area contributed by atoms with Gasteiger partial charge < -0.3 is 10.4 Å². The summed E-state index contributed by atoms with van der Waals surface area (Å²) < 4.78 is 0. The lowest BCUT2D eigenvalue weighted by atomic mass is 9.97. The fraction of sp³-hybridized carbons (Fsp3) is 0.294. The average Bonchev–Trinajstić information content (AvgIpc) is 2.89. The number of halogens is 1. The minimum atomic E-state index is 0.197. The van der Waals surface area contributed by atoms with Crippen LogP contribution in [-0.4, -0.2) is 15.1 Å². The summed E-state index contributed by atoms with van der Waals surface area (Å²) in [4.78, 5) is 11.1. The van der Waals surface area contributed by atoms with Gasteiger partial charge in [-0.1, -0.05) is 6.07 Å². The van der Waals surface area contributed by atoms with Crippen molar-refractivity contribution in [2.24, 2.45) is 0 Å². The first-order valence-corrected chi connectivity index (χ1v) is 8.85. The van der Waals surface area contributed by atoms with E-state index in [9.17, 15) is 5.11 Å². The number of aromatic nitrogens is 2. The molecule has 6 heteroatoms. The second-order valence-electron chi connectivity index (χ2n) is 5.88.